The molecule has 1 aromatic heterocycles. The largest absolute Gasteiger partial charge is 0.366 e. The van der Waals surface area contributed by atoms with Gasteiger partial charge in [-0.3, -0.25) is 4.79 Å². The third-order valence-corrected chi connectivity index (χ3v) is 2.22. The van der Waals surface area contributed by atoms with Crippen LogP contribution in [0.3, 0.4) is 0 Å². The van der Waals surface area contributed by atoms with Gasteiger partial charge < -0.3 is 5.73 Å². The standard InChI is InChI=1S/C7H5N3OS/c8-7(11)4-1-2-5-6(3-4)12-10-9-5/h1-3H,(H2,8,11). The molecule has 0 aliphatic carbocycles. The van der Waals surface area contributed by atoms with Gasteiger partial charge in [-0.25, -0.2) is 0 Å². The summed E-state index contributed by atoms with van der Waals surface area (Å²) in [5.41, 5.74) is 6.39. The monoisotopic (exact) mass is 179 g/mol. The Morgan fingerprint density at radius 3 is 3.08 bits per heavy atom. The first-order valence-electron chi connectivity index (χ1n) is 3.29. The smallest absolute Gasteiger partial charge is 0.248 e. The third kappa shape index (κ3) is 1.04. The molecule has 2 N–H and O–H groups in total. The van der Waals surface area contributed by atoms with E-state index in [4.69, 9.17) is 5.73 Å². The number of amides is 1. The molecule has 1 heterocycles. The normalized spacial score (nSPS) is 10.3. The molecule has 60 valence electrons. The van der Waals surface area contributed by atoms with Crippen LogP contribution >= 0.6 is 11.5 Å². The summed E-state index contributed by atoms with van der Waals surface area (Å²) in [5.74, 6) is -0.426. The van der Waals surface area contributed by atoms with Crippen LogP contribution in [0.5, 0.6) is 0 Å². The van der Waals surface area contributed by atoms with Crippen molar-refractivity contribution in [2.75, 3.05) is 0 Å². The zero-order chi connectivity index (χ0) is 8.55. The molecule has 1 amide bonds. The number of hydrogen-bond donors (Lipinski definition) is 1. The molecule has 4 nitrogen and oxygen atoms in total. The highest BCUT2D eigenvalue weighted by molar-refractivity contribution is 7.12. The Labute approximate surface area is 72.2 Å². The number of primary amides is 1. The van der Waals surface area contributed by atoms with Crippen LogP contribution < -0.4 is 5.73 Å². The highest BCUT2D eigenvalue weighted by Gasteiger charge is 2.03. The minimum atomic E-state index is -0.426. The molecule has 0 atom stereocenters. The van der Waals surface area contributed by atoms with Gasteiger partial charge in [-0.15, -0.1) is 5.10 Å². The van der Waals surface area contributed by atoms with Gasteiger partial charge in [0.25, 0.3) is 0 Å². The van der Waals surface area contributed by atoms with Crippen molar-refractivity contribution in [3.63, 3.8) is 0 Å². The fourth-order valence-corrected chi connectivity index (χ4v) is 1.53. The number of benzene rings is 1. The van der Waals surface area contributed by atoms with Crippen LogP contribution in [-0.4, -0.2) is 15.5 Å². The number of aromatic nitrogens is 2. The zero-order valence-corrected chi connectivity index (χ0v) is 6.84. The molecule has 0 spiro atoms. The zero-order valence-electron chi connectivity index (χ0n) is 6.02. The minimum Gasteiger partial charge on any atom is -0.366 e. The van der Waals surface area contributed by atoms with E-state index in [9.17, 15) is 4.79 Å². The summed E-state index contributed by atoms with van der Waals surface area (Å²) in [6.45, 7) is 0. The van der Waals surface area contributed by atoms with E-state index in [0.29, 0.717) is 5.56 Å². The topological polar surface area (TPSA) is 68.9 Å². The Kier molecular flexibility index (Phi) is 1.51. The fourth-order valence-electron chi connectivity index (χ4n) is 0.932. The number of fused-ring (bicyclic) bond motifs is 1. The van der Waals surface area contributed by atoms with Gasteiger partial charge in [0, 0.05) is 5.56 Å². The Morgan fingerprint density at radius 1 is 1.50 bits per heavy atom. The van der Waals surface area contributed by atoms with E-state index in [2.05, 4.69) is 9.59 Å². The van der Waals surface area contributed by atoms with Gasteiger partial charge in [0.05, 0.1) is 4.70 Å². The molecule has 0 fully saturated rings. The fraction of sp³-hybridized carbons (Fsp3) is 0. The van der Waals surface area contributed by atoms with E-state index in [1.54, 1.807) is 18.2 Å². The summed E-state index contributed by atoms with van der Waals surface area (Å²) >= 11 is 1.25. The predicted molar refractivity (Wildman–Crippen MR) is 45.9 cm³/mol. The summed E-state index contributed by atoms with van der Waals surface area (Å²) in [5, 5.41) is 3.84. The van der Waals surface area contributed by atoms with Crippen LogP contribution in [0, 0.1) is 0 Å². The molecular weight excluding hydrogens is 174 g/mol. The summed E-state index contributed by atoms with van der Waals surface area (Å²) < 4.78 is 4.62. The van der Waals surface area contributed by atoms with Crippen molar-refractivity contribution in [1.82, 2.24) is 9.59 Å². The molecule has 2 rings (SSSR count). The molecule has 0 bridgehead atoms. The summed E-state index contributed by atoms with van der Waals surface area (Å²) in [7, 11) is 0. The van der Waals surface area contributed by atoms with Crippen LogP contribution in [-0.2, 0) is 0 Å². The molecule has 5 heteroatoms. The number of rotatable bonds is 1. The van der Waals surface area contributed by atoms with Gasteiger partial charge in [-0.2, -0.15) is 0 Å². The predicted octanol–water partition coefficient (Wildman–Crippen LogP) is 0.790. The number of carbonyl (C=O) groups is 1. The van der Waals surface area contributed by atoms with E-state index >= 15 is 0 Å². The first-order chi connectivity index (χ1) is 5.77. The lowest BCUT2D eigenvalue weighted by Crippen LogP contribution is -2.10. The molecule has 0 aliphatic rings. The number of carbonyl (C=O) groups excluding carboxylic acids is 1. The highest BCUT2D eigenvalue weighted by Crippen LogP contribution is 2.16. The van der Waals surface area contributed by atoms with Crippen molar-refractivity contribution in [3.8, 4) is 0 Å². The van der Waals surface area contributed by atoms with Crippen molar-refractivity contribution >= 4 is 27.7 Å². The maximum atomic E-state index is 10.8. The van der Waals surface area contributed by atoms with Crippen LogP contribution in [0.4, 0.5) is 0 Å². The molecule has 0 radical (unpaired) electrons. The first-order valence-corrected chi connectivity index (χ1v) is 4.06. The third-order valence-electron chi connectivity index (χ3n) is 1.53. The SMILES string of the molecule is NC(=O)c1ccc2nnsc2c1. The molecule has 0 aliphatic heterocycles. The van der Waals surface area contributed by atoms with Crippen molar-refractivity contribution in [3.05, 3.63) is 23.8 Å². The number of nitrogens with zero attached hydrogens (tertiary/aromatic N) is 2. The van der Waals surface area contributed by atoms with Crippen LogP contribution in [0.2, 0.25) is 0 Å². The van der Waals surface area contributed by atoms with Gasteiger partial charge in [-0.1, -0.05) is 4.49 Å². The van der Waals surface area contributed by atoms with Crippen LogP contribution in [0.25, 0.3) is 10.2 Å². The molecule has 0 saturated heterocycles. The Balaban J connectivity index is 2.68. The lowest BCUT2D eigenvalue weighted by atomic mass is 10.2. The second-order valence-electron chi connectivity index (χ2n) is 2.32. The van der Waals surface area contributed by atoms with E-state index in [1.807, 2.05) is 0 Å². The van der Waals surface area contributed by atoms with E-state index in [1.165, 1.54) is 11.5 Å². The summed E-state index contributed by atoms with van der Waals surface area (Å²) in [6.07, 6.45) is 0. The molecular formula is C7H5N3OS. The van der Waals surface area contributed by atoms with Gasteiger partial charge in [0.2, 0.25) is 5.91 Å². The van der Waals surface area contributed by atoms with Crippen LogP contribution in [0.15, 0.2) is 18.2 Å². The summed E-state index contributed by atoms with van der Waals surface area (Å²) in [4.78, 5) is 10.8. The molecule has 2 aromatic rings. The van der Waals surface area contributed by atoms with Crippen molar-refractivity contribution < 1.29 is 4.79 Å². The van der Waals surface area contributed by atoms with Crippen molar-refractivity contribution in [2.24, 2.45) is 5.73 Å². The Hall–Kier alpha value is -1.49. The number of nitrogens with two attached hydrogens (primary N) is 1. The van der Waals surface area contributed by atoms with Crippen LogP contribution in [0.1, 0.15) is 10.4 Å². The van der Waals surface area contributed by atoms with E-state index in [0.717, 1.165) is 10.2 Å². The molecule has 1 aromatic carbocycles. The Bertz CT molecular complexity index is 437. The summed E-state index contributed by atoms with van der Waals surface area (Å²) in [6, 6.07) is 5.08. The van der Waals surface area contributed by atoms with Gasteiger partial charge >= 0.3 is 0 Å². The maximum absolute atomic E-state index is 10.8. The molecule has 0 saturated carbocycles. The second kappa shape index (κ2) is 2.53. The highest BCUT2D eigenvalue weighted by atomic mass is 32.1. The lowest BCUT2D eigenvalue weighted by Gasteiger charge is -1.92. The van der Waals surface area contributed by atoms with E-state index in [-0.39, 0.29) is 0 Å². The lowest BCUT2D eigenvalue weighted by molar-refractivity contribution is 0.100. The second-order valence-corrected chi connectivity index (χ2v) is 3.11. The molecule has 0 unspecified atom stereocenters. The molecule has 12 heavy (non-hydrogen) atoms. The first kappa shape index (κ1) is 7.17. The quantitative estimate of drug-likeness (QED) is 0.703. The minimum absolute atomic E-state index is 0.426. The van der Waals surface area contributed by atoms with Gasteiger partial charge in [0.15, 0.2) is 0 Å². The van der Waals surface area contributed by atoms with Gasteiger partial charge in [0.1, 0.15) is 5.52 Å². The average molecular weight is 179 g/mol. The maximum Gasteiger partial charge on any atom is 0.248 e. The number of hydrogen-bond acceptors (Lipinski definition) is 4. The van der Waals surface area contributed by atoms with Crippen molar-refractivity contribution in [1.29, 1.82) is 0 Å². The average Bonchev–Trinajstić information content (AvgIpc) is 2.49. The Morgan fingerprint density at radius 2 is 2.33 bits per heavy atom. The van der Waals surface area contributed by atoms with Gasteiger partial charge in [-0.05, 0) is 29.7 Å². The van der Waals surface area contributed by atoms with E-state index < -0.39 is 5.91 Å². The van der Waals surface area contributed by atoms with Crippen molar-refractivity contribution in [2.45, 2.75) is 0 Å².